The van der Waals surface area contributed by atoms with Crippen LogP contribution < -0.4 is 5.73 Å². The minimum atomic E-state index is 0.744. The van der Waals surface area contributed by atoms with Gasteiger partial charge in [-0.1, -0.05) is 44.0 Å². The van der Waals surface area contributed by atoms with Crippen LogP contribution >= 0.6 is 0 Å². The molecule has 0 amide bonds. The van der Waals surface area contributed by atoms with Crippen molar-refractivity contribution in [3.8, 4) is 0 Å². The molecule has 0 bridgehead atoms. The largest absolute Gasteiger partial charge is 0.330 e. The molecule has 1 aliphatic rings. The van der Waals surface area contributed by atoms with E-state index < -0.39 is 0 Å². The third kappa shape index (κ3) is 4.05. The maximum Gasteiger partial charge on any atom is 0.0239 e. The zero-order chi connectivity index (χ0) is 13.5. The van der Waals surface area contributed by atoms with E-state index in [0.717, 1.165) is 25.6 Å². The summed E-state index contributed by atoms with van der Waals surface area (Å²) < 4.78 is 0. The molecule has 0 saturated carbocycles. The van der Waals surface area contributed by atoms with Gasteiger partial charge in [0.2, 0.25) is 0 Å². The molecule has 1 aromatic carbocycles. The number of benzene rings is 1. The Bertz CT molecular complexity index is 375. The lowest BCUT2D eigenvalue weighted by atomic mass is 10.0. The Hall–Kier alpha value is -0.860. The predicted octanol–water partition coefficient (Wildman–Crippen LogP) is 3.34. The average Bonchev–Trinajstić information content (AvgIpc) is 2.66. The van der Waals surface area contributed by atoms with Crippen molar-refractivity contribution in [1.29, 1.82) is 0 Å². The molecule has 1 aromatic rings. The number of nitrogens with two attached hydrogens (primary N) is 1. The Balaban J connectivity index is 2.09. The molecule has 0 spiro atoms. The molecule has 1 unspecified atom stereocenters. The van der Waals surface area contributed by atoms with Crippen molar-refractivity contribution in [3.05, 3.63) is 35.4 Å². The maximum atomic E-state index is 5.73. The number of hydrogen-bond acceptors (Lipinski definition) is 2. The summed E-state index contributed by atoms with van der Waals surface area (Å²) in [6.07, 6.45) is 7.81. The Morgan fingerprint density at radius 3 is 2.68 bits per heavy atom. The molecular formula is C17H28N2. The van der Waals surface area contributed by atoms with Crippen LogP contribution in [0.3, 0.4) is 0 Å². The van der Waals surface area contributed by atoms with E-state index in [9.17, 15) is 0 Å². The summed E-state index contributed by atoms with van der Waals surface area (Å²) in [6.45, 7) is 5.44. The topological polar surface area (TPSA) is 29.3 Å². The summed E-state index contributed by atoms with van der Waals surface area (Å²) in [7, 11) is 0. The zero-order valence-corrected chi connectivity index (χ0v) is 12.3. The van der Waals surface area contributed by atoms with Gasteiger partial charge in [0.25, 0.3) is 0 Å². The third-order valence-corrected chi connectivity index (χ3v) is 4.38. The second-order valence-electron chi connectivity index (χ2n) is 5.69. The summed E-state index contributed by atoms with van der Waals surface area (Å²) in [5, 5.41) is 0. The van der Waals surface area contributed by atoms with Crippen LogP contribution in [0, 0.1) is 0 Å². The van der Waals surface area contributed by atoms with Gasteiger partial charge >= 0.3 is 0 Å². The van der Waals surface area contributed by atoms with Crippen LogP contribution in [0.1, 0.15) is 50.2 Å². The average molecular weight is 260 g/mol. The highest BCUT2D eigenvalue weighted by Gasteiger charge is 2.20. The Morgan fingerprint density at radius 2 is 1.95 bits per heavy atom. The van der Waals surface area contributed by atoms with Crippen molar-refractivity contribution in [2.45, 2.75) is 58.0 Å². The molecule has 106 valence electrons. The molecule has 0 aromatic heterocycles. The van der Waals surface area contributed by atoms with E-state index >= 15 is 0 Å². The molecule has 0 radical (unpaired) electrons. The molecule has 2 rings (SSSR count). The summed E-state index contributed by atoms with van der Waals surface area (Å²) in [4.78, 5) is 2.70. The fraction of sp³-hybridized carbons (Fsp3) is 0.647. The Kier molecular flexibility index (Phi) is 5.87. The van der Waals surface area contributed by atoms with Gasteiger partial charge in [-0.05, 0) is 49.9 Å². The van der Waals surface area contributed by atoms with Gasteiger partial charge in [-0.2, -0.15) is 0 Å². The monoisotopic (exact) mass is 260 g/mol. The smallest absolute Gasteiger partial charge is 0.0239 e. The molecule has 2 N–H and O–H groups in total. The van der Waals surface area contributed by atoms with E-state index in [1.807, 2.05) is 0 Å². The second-order valence-corrected chi connectivity index (χ2v) is 5.69. The standard InChI is InChI=1S/C17H28N2/c1-2-17-10-4-3-7-13-19(17)14-16-9-6-5-8-15(16)11-12-18/h5-6,8-9,17H,2-4,7,10-14,18H2,1H3. The van der Waals surface area contributed by atoms with Gasteiger partial charge in [-0.3, -0.25) is 4.90 Å². The number of likely N-dealkylation sites (tertiary alicyclic amines) is 1. The van der Waals surface area contributed by atoms with Gasteiger partial charge in [-0.15, -0.1) is 0 Å². The minimum absolute atomic E-state index is 0.744. The molecule has 1 aliphatic heterocycles. The van der Waals surface area contributed by atoms with E-state index in [4.69, 9.17) is 5.73 Å². The lowest BCUT2D eigenvalue weighted by Gasteiger charge is -2.30. The molecule has 1 atom stereocenters. The normalized spacial score (nSPS) is 21.3. The highest BCUT2D eigenvalue weighted by Crippen LogP contribution is 2.22. The zero-order valence-electron chi connectivity index (χ0n) is 12.3. The first-order valence-electron chi connectivity index (χ1n) is 7.86. The van der Waals surface area contributed by atoms with Crippen LogP contribution in [0.4, 0.5) is 0 Å². The predicted molar refractivity (Wildman–Crippen MR) is 82.2 cm³/mol. The van der Waals surface area contributed by atoms with Crippen LogP contribution in [0.25, 0.3) is 0 Å². The van der Waals surface area contributed by atoms with Crippen LogP contribution in [-0.4, -0.2) is 24.0 Å². The van der Waals surface area contributed by atoms with Gasteiger partial charge in [0.15, 0.2) is 0 Å². The maximum absolute atomic E-state index is 5.73. The summed E-state index contributed by atoms with van der Waals surface area (Å²) >= 11 is 0. The highest BCUT2D eigenvalue weighted by atomic mass is 15.2. The van der Waals surface area contributed by atoms with E-state index in [-0.39, 0.29) is 0 Å². The van der Waals surface area contributed by atoms with Crippen LogP contribution in [0.2, 0.25) is 0 Å². The van der Waals surface area contributed by atoms with E-state index in [1.54, 1.807) is 0 Å². The lowest BCUT2D eigenvalue weighted by molar-refractivity contribution is 0.185. The van der Waals surface area contributed by atoms with E-state index in [2.05, 4.69) is 36.1 Å². The SMILES string of the molecule is CCC1CCCCCN1Cc1ccccc1CCN. The molecular weight excluding hydrogens is 232 g/mol. The number of hydrogen-bond donors (Lipinski definition) is 1. The minimum Gasteiger partial charge on any atom is -0.330 e. The van der Waals surface area contributed by atoms with Crippen molar-refractivity contribution >= 4 is 0 Å². The molecule has 2 nitrogen and oxygen atoms in total. The fourth-order valence-corrected chi connectivity index (χ4v) is 3.24. The van der Waals surface area contributed by atoms with Gasteiger partial charge in [0.1, 0.15) is 0 Å². The van der Waals surface area contributed by atoms with E-state index in [0.29, 0.717) is 0 Å². The Morgan fingerprint density at radius 1 is 1.16 bits per heavy atom. The van der Waals surface area contributed by atoms with E-state index in [1.165, 1.54) is 49.8 Å². The van der Waals surface area contributed by atoms with Crippen molar-refractivity contribution in [1.82, 2.24) is 4.90 Å². The van der Waals surface area contributed by atoms with Gasteiger partial charge in [-0.25, -0.2) is 0 Å². The first-order chi connectivity index (χ1) is 9.35. The quantitative estimate of drug-likeness (QED) is 0.880. The fourth-order valence-electron chi connectivity index (χ4n) is 3.24. The summed E-state index contributed by atoms with van der Waals surface area (Å²) in [6, 6.07) is 9.58. The van der Waals surface area contributed by atoms with Crippen molar-refractivity contribution in [2.24, 2.45) is 5.73 Å². The third-order valence-electron chi connectivity index (χ3n) is 4.38. The molecule has 1 saturated heterocycles. The highest BCUT2D eigenvalue weighted by molar-refractivity contribution is 5.27. The van der Waals surface area contributed by atoms with Crippen LogP contribution in [0.15, 0.2) is 24.3 Å². The molecule has 19 heavy (non-hydrogen) atoms. The van der Waals surface area contributed by atoms with Gasteiger partial charge in [0, 0.05) is 12.6 Å². The first-order valence-corrected chi connectivity index (χ1v) is 7.86. The van der Waals surface area contributed by atoms with Gasteiger partial charge < -0.3 is 5.73 Å². The number of rotatable bonds is 5. The van der Waals surface area contributed by atoms with Crippen LogP contribution in [0.5, 0.6) is 0 Å². The molecule has 1 heterocycles. The Labute approximate surface area is 118 Å². The molecule has 1 fully saturated rings. The second kappa shape index (κ2) is 7.66. The summed E-state index contributed by atoms with van der Waals surface area (Å²) in [5.41, 5.74) is 8.64. The summed E-state index contributed by atoms with van der Waals surface area (Å²) in [5.74, 6) is 0. The lowest BCUT2D eigenvalue weighted by Crippen LogP contribution is -2.34. The molecule has 0 aliphatic carbocycles. The van der Waals surface area contributed by atoms with Crippen molar-refractivity contribution in [2.75, 3.05) is 13.1 Å². The van der Waals surface area contributed by atoms with Crippen molar-refractivity contribution < 1.29 is 0 Å². The molecule has 2 heteroatoms. The van der Waals surface area contributed by atoms with Crippen molar-refractivity contribution in [3.63, 3.8) is 0 Å². The number of nitrogens with zero attached hydrogens (tertiary/aromatic N) is 1. The van der Waals surface area contributed by atoms with Crippen LogP contribution in [-0.2, 0) is 13.0 Å². The van der Waals surface area contributed by atoms with Gasteiger partial charge in [0.05, 0.1) is 0 Å². The first kappa shape index (κ1) is 14.5.